The average molecular weight is 185 g/mol. The van der Waals surface area contributed by atoms with Crippen molar-refractivity contribution in [2.45, 2.75) is 12.5 Å². The first kappa shape index (κ1) is 7.80. The van der Waals surface area contributed by atoms with Crippen LogP contribution in [0.5, 0.6) is 0 Å². The minimum Gasteiger partial charge on any atom is -0.305 e. The Labute approximate surface area is 82.8 Å². The van der Waals surface area contributed by atoms with Gasteiger partial charge in [-0.15, -0.1) is 0 Å². The van der Waals surface area contributed by atoms with Crippen molar-refractivity contribution < 1.29 is 4.79 Å². The maximum atomic E-state index is 11.8. The third kappa shape index (κ3) is 0.939. The summed E-state index contributed by atoms with van der Waals surface area (Å²) in [6.45, 7) is 0. The van der Waals surface area contributed by atoms with E-state index in [1.807, 2.05) is 41.3 Å². The Hall–Kier alpha value is -1.57. The second-order valence-corrected chi connectivity index (χ2v) is 3.84. The van der Waals surface area contributed by atoms with Gasteiger partial charge in [0, 0.05) is 5.69 Å². The molecule has 0 saturated carbocycles. The lowest BCUT2D eigenvalue weighted by atomic mass is 10.1. The normalized spacial score (nSPS) is 28.9. The Balaban J connectivity index is 2.01. The quantitative estimate of drug-likeness (QED) is 0.612. The summed E-state index contributed by atoms with van der Waals surface area (Å²) in [4.78, 5) is 13.7. The molecule has 0 spiro atoms. The number of benzene rings is 1. The van der Waals surface area contributed by atoms with Crippen LogP contribution in [-0.2, 0) is 4.79 Å². The summed E-state index contributed by atoms with van der Waals surface area (Å²) in [6, 6.07) is 10.2. The number of para-hydroxylation sites is 1. The molecule has 0 radical (unpaired) electrons. The summed E-state index contributed by atoms with van der Waals surface area (Å²) in [7, 11) is 0. The Morgan fingerprint density at radius 3 is 2.57 bits per heavy atom. The van der Waals surface area contributed by atoms with Gasteiger partial charge in [0.15, 0.2) is 0 Å². The lowest BCUT2D eigenvalue weighted by Gasteiger charge is -2.23. The molecule has 1 aliphatic heterocycles. The summed E-state index contributed by atoms with van der Waals surface area (Å²) in [5.74, 6) is 0.393. The molecule has 1 aliphatic carbocycles. The molecule has 2 atom stereocenters. The molecule has 70 valence electrons. The first-order valence-electron chi connectivity index (χ1n) is 4.93. The highest BCUT2D eigenvalue weighted by atomic mass is 16.2. The van der Waals surface area contributed by atoms with E-state index in [2.05, 4.69) is 6.08 Å². The fourth-order valence-corrected chi connectivity index (χ4v) is 2.30. The zero-order valence-electron chi connectivity index (χ0n) is 7.76. The van der Waals surface area contributed by atoms with Gasteiger partial charge in [0.25, 0.3) is 0 Å². The first-order chi connectivity index (χ1) is 6.86. The van der Waals surface area contributed by atoms with Crippen molar-refractivity contribution in [3.05, 3.63) is 42.5 Å². The van der Waals surface area contributed by atoms with E-state index < -0.39 is 0 Å². The Morgan fingerprint density at radius 1 is 1.14 bits per heavy atom. The molecular weight excluding hydrogens is 174 g/mol. The van der Waals surface area contributed by atoms with Crippen LogP contribution in [0.2, 0.25) is 0 Å². The molecule has 1 heterocycles. The minimum absolute atomic E-state index is 0.139. The fourth-order valence-electron chi connectivity index (χ4n) is 2.30. The van der Waals surface area contributed by atoms with Gasteiger partial charge < -0.3 is 4.90 Å². The van der Waals surface area contributed by atoms with Crippen LogP contribution in [0.3, 0.4) is 0 Å². The number of hydrogen-bond acceptors (Lipinski definition) is 1. The summed E-state index contributed by atoms with van der Waals surface area (Å²) < 4.78 is 0. The summed E-state index contributed by atoms with van der Waals surface area (Å²) in [5, 5.41) is 0. The third-order valence-electron chi connectivity index (χ3n) is 2.98. The SMILES string of the molecule is O=C1C2C=CC(C2)N1c1ccccc1. The molecule has 1 amide bonds. The number of nitrogens with zero attached hydrogens (tertiary/aromatic N) is 1. The fraction of sp³-hybridized carbons (Fsp3) is 0.250. The predicted molar refractivity (Wildman–Crippen MR) is 55.0 cm³/mol. The van der Waals surface area contributed by atoms with E-state index in [-0.39, 0.29) is 11.8 Å². The second kappa shape index (κ2) is 2.71. The largest absolute Gasteiger partial charge is 0.305 e. The van der Waals surface area contributed by atoms with Gasteiger partial charge in [-0.1, -0.05) is 30.4 Å². The topological polar surface area (TPSA) is 20.3 Å². The van der Waals surface area contributed by atoms with Gasteiger partial charge in [-0.25, -0.2) is 0 Å². The molecule has 2 nitrogen and oxygen atoms in total. The standard InChI is InChI=1S/C12H11NO/c14-12-9-6-7-11(8-9)13(12)10-4-2-1-3-5-10/h1-7,9,11H,8H2. The van der Waals surface area contributed by atoms with Crippen molar-refractivity contribution in [1.29, 1.82) is 0 Å². The number of rotatable bonds is 1. The van der Waals surface area contributed by atoms with Crippen molar-refractivity contribution in [2.75, 3.05) is 4.90 Å². The predicted octanol–water partition coefficient (Wildman–Crippen LogP) is 1.98. The molecule has 2 heteroatoms. The molecule has 3 rings (SSSR count). The van der Waals surface area contributed by atoms with Crippen molar-refractivity contribution >= 4 is 11.6 Å². The lowest BCUT2D eigenvalue weighted by molar-refractivity contribution is -0.119. The smallest absolute Gasteiger partial charge is 0.234 e. The van der Waals surface area contributed by atoms with Crippen LogP contribution in [0, 0.1) is 5.92 Å². The van der Waals surface area contributed by atoms with E-state index >= 15 is 0 Å². The zero-order valence-corrected chi connectivity index (χ0v) is 7.76. The Kier molecular flexibility index (Phi) is 1.51. The molecule has 2 aliphatic rings. The van der Waals surface area contributed by atoms with E-state index in [1.165, 1.54) is 0 Å². The van der Waals surface area contributed by atoms with Gasteiger partial charge >= 0.3 is 0 Å². The van der Waals surface area contributed by atoms with Gasteiger partial charge in [0.2, 0.25) is 5.91 Å². The third-order valence-corrected chi connectivity index (χ3v) is 2.98. The van der Waals surface area contributed by atoms with Crippen LogP contribution in [0.15, 0.2) is 42.5 Å². The van der Waals surface area contributed by atoms with Gasteiger partial charge in [-0.2, -0.15) is 0 Å². The Bertz CT molecular complexity index is 396. The highest BCUT2D eigenvalue weighted by molar-refractivity contribution is 6.00. The molecule has 0 N–H and O–H groups in total. The maximum absolute atomic E-state index is 11.8. The molecule has 2 unspecified atom stereocenters. The second-order valence-electron chi connectivity index (χ2n) is 3.84. The highest BCUT2D eigenvalue weighted by Crippen LogP contribution is 2.36. The van der Waals surface area contributed by atoms with Crippen LogP contribution >= 0.6 is 0 Å². The number of fused-ring (bicyclic) bond motifs is 2. The van der Waals surface area contributed by atoms with E-state index in [4.69, 9.17) is 0 Å². The molecule has 0 aromatic heterocycles. The number of anilines is 1. The number of amides is 1. The van der Waals surface area contributed by atoms with E-state index in [1.54, 1.807) is 0 Å². The maximum Gasteiger partial charge on any atom is 0.234 e. The van der Waals surface area contributed by atoms with E-state index in [0.717, 1.165) is 12.1 Å². The Morgan fingerprint density at radius 2 is 1.93 bits per heavy atom. The number of carbonyl (C=O) groups excluding carboxylic acids is 1. The number of carbonyl (C=O) groups is 1. The van der Waals surface area contributed by atoms with Gasteiger partial charge in [-0.05, 0) is 18.6 Å². The van der Waals surface area contributed by atoms with Crippen LogP contribution in [-0.4, -0.2) is 11.9 Å². The first-order valence-corrected chi connectivity index (χ1v) is 4.93. The van der Waals surface area contributed by atoms with Crippen molar-refractivity contribution in [2.24, 2.45) is 5.92 Å². The number of hydrogen-bond donors (Lipinski definition) is 0. The average Bonchev–Trinajstić information content (AvgIpc) is 2.79. The van der Waals surface area contributed by atoms with Crippen molar-refractivity contribution in [1.82, 2.24) is 0 Å². The van der Waals surface area contributed by atoms with Gasteiger partial charge in [0.05, 0.1) is 12.0 Å². The van der Waals surface area contributed by atoms with Crippen molar-refractivity contribution in [3.63, 3.8) is 0 Å². The van der Waals surface area contributed by atoms with E-state index in [9.17, 15) is 4.79 Å². The van der Waals surface area contributed by atoms with Gasteiger partial charge in [0.1, 0.15) is 0 Å². The molecule has 1 aromatic carbocycles. The van der Waals surface area contributed by atoms with Crippen molar-refractivity contribution in [3.8, 4) is 0 Å². The molecule has 1 saturated heterocycles. The van der Waals surface area contributed by atoms with Crippen LogP contribution < -0.4 is 4.90 Å². The van der Waals surface area contributed by atoms with E-state index in [0.29, 0.717) is 6.04 Å². The molecule has 1 fully saturated rings. The van der Waals surface area contributed by atoms with Crippen LogP contribution in [0.25, 0.3) is 0 Å². The zero-order chi connectivity index (χ0) is 9.54. The van der Waals surface area contributed by atoms with Gasteiger partial charge in [-0.3, -0.25) is 4.79 Å². The van der Waals surface area contributed by atoms with Crippen LogP contribution in [0.1, 0.15) is 6.42 Å². The highest BCUT2D eigenvalue weighted by Gasteiger charge is 2.41. The molecule has 1 aromatic rings. The summed E-state index contributed by atoms with van der Waals surface area (Å²) in [6.07, 6.45) is 5.14. The summed E-state index contributed by atoms with van der Waals surface area (Å²) in [5.41, 5.74) is 1.02. The minimum atomic E-state index is 0.139. The lowest BCUT2D eigenvalue weighted by Crippen LogP contribution is -2.34. The summed E-state index contributed by atoms with van der Waals surface area (Å²) >= 11 is 0. The molecule has 14 heavy (non-hydrogen) atoms. The molecule has 2 bridgehead atoms. The monoisotopic (exact) mass is 185 g/mol. The van der Waals surface area contributed by atoms with Crippen LogP contribution in [0.4, 0.5) is 5.69 Å². The molecular formula is C12H11NO.